The van der Waals surface area contributed by atoms with E-state index in [0.717, 1.165) is 10.1 Å². The third-order valence-electron chi connectivity index (χ3n) is 4.18. The third-order valence-corrected chi connectivity index (χ3v) is 4.18. The van der Waals surface area contributed by atoms with Crippen molar-refractivity contribution in [3.05, 3.63) is 62.6 Å². The molecule has 0 saturated heterocycles. The SMILES string of the molecule is Cn1c(=O)c2[nH]c(CN(CCO)Cc3ccccc3)nc2n(C)c1=O. The van der Waals surface area contributed by atoms with E-state index < -0.39 is 11.2 Å². The summed E-state index contributed by atoms with van der Waals surface area (Å²) in [6.45, 7) is 1.58. The number of aromatic nitrogens is 4. The Bertz CT molecular complexity index is 987. The smallest absolute Gasteiger partial charge is 0.332 e. The van der Waals surface area contributed by atoms with Crippen molar-refractivity contribution in [3.63, 3.8) is 0 Å². The second-order valence-electron chi connectivity index (χ2n) is 6.01. The fraction of sp³-hybridized carbons (Fsp3) is 0.353. The Kier molecular flexibility index (Phi) is 4.82. The Morgan fingerprint density at radius 2 is 1.84 bits per heavy atom. The number of H-pyrrole nitrogens is 1. The number of fused-ring (bicyclic) bond motifs is 1. The van der Waals surface area contributed by atoms with E-state index in [0.29, 0.717) is 36.6 Å². The monoisotopic (exact) mass is 343 g/mol. The van der Waals surface area contributed by atoms with Crippen LogP contribution in [0.3, 0.4) is 0 Å². The molecule has 25 heavy (non-hydrogen) atoms. The van der Waals surface area contributed by atoms with Gasteiger partial charge in [-0.25, -0.2) is 9.78 Å². The highest BCUT2D eigenvalue weighted by Crippen LogP contribution is 2.10. The minimum atomic E-state index is -0.410. The number of nitrogens with one attached hydrogen (secondary N) is 1. The number of rotatable bonds is 6. The summed E-state index contributed by atoms with van der Waals surface area (Å²) in [5.74, 6) is 0.581. The van der Waals surface area contributed by atoms with Gasteiger partial charge in [0.2, 0.25) is 0 Å². The summed E-state index contributed by atoms with van der Waals surface area (Å²) in [7, 11) is 3.03. The number of hydrogen-bond acceptors (Lipinski definition) is 5. The molecule has 0 saturated carbocycles. The van der Waals surface area contributed by atoms with E-state index in [-0.39, 0.29) is 6.61 Å². The van der Waals surface area contributed by atoms with Crippen molar-refractivity contribution in [2.45, 2.75) is 13.1 Å². The first kappa shape index (κ1) is 17.1. The number of benzene rings is 1. The van der Waals surface area contributed by atoms with Crippen molar-refractivity contribution in [2.24, 2.45) is 14.1 Å². The number of aromatic amines is 1. The summed E-state index contributed by atoms with van der Waals surface area (Å²) in [6, 6.07) is 9.92. The molecule has 2 aromatic heterocycles. The van der Waals surface area contributed by atoms with Crippen molar-refractivity contribution in [2.75, 3.05) is 13.2 Å². The van der Waals surface area contributed by atoms with Gasteiger partial charge in [0.25, 0.3) is 5.56 Å². The highest BCUT2D eigenvalue weighted by molar-refractivity contribution is 5.69. The number of nitrogens with zero attached hydrogens (tertiary/aromatic N) is 4. The maximum absolute atomic E-state index is 12.2. The molecular weight excluding hydrogens is 322 g/mol. The van der Waals surface area contributed by atoms with E-state index in [2.05, 4.69) is 9.97 Å². The van der Waals surface area contributed by atoms with Crippen molar-refractivity contribution >= 4 is 11.2 Å². The lowest BCUT2D eigenvalue weighted by molar-refractivity contribution is 0.181. The lowest BCUT2D eigenvalue weighted by atomic mass is 10.2. The van der Waals surface area contributed by atoms with Crippen molar-refractivity contribution in [3.8, 4) is 0 Å². The Labute approximate surface area is 144 Å². The largest absolute Gasteiger partial charge is 0.395 e. The molecule has 0 aliphatic heterocycles. The molecule has 3 rings (SSSR count). The molecule has 0 atom stereocenters. The van der Waals surface area contributed by atoms with Crippen LogP contribution in [0.2, 0.25) is 0 Å². The summed E-state index contributed by atoms with van der Waals surface area (Å²) in [5.41, 5.74) is 0.964. The maximum Gasteiger partial charge on any atom is 0.332 e. The summed E-state index contributed by atoms with van der Waals surface area (Å²) >= 11 is 0. The van der Waals surface area contributed by atoms with Crippen LogP contribution in [0.25, 0.3) is 11.2 Å². The molecular formula is C17H21N5O3. The summed E-state index contributed by atoms with van der Waals surface area (Å²) < 4.78 is 2.41. The van der Waals surface area contributed by atoms with Crippen LogP contribution >= 0.6 is 0 Å². The number of aliphatic hydroxyl groups excluding tert-OH is 1. The molecule has 0 radical (unpaired) electrons. The van der Waals surface area contributed by atoms with Gasteiger partial charge >= 0.3 is 5.69 Å². The average molecular weight is 343 g/mol. The summed E-state index contributed by atoms with van der Waals surface area (Å²) in [4.78, 5) is 33.7. The Morgan fingerprint density at radius 1 is 1.12 bits per heavy atom. The standard InChI is InChI=1S/C17H21N5O3/c1-20-15-14(16(24)21(2)17(20)25)18-13(19-15)11-22(8-9-23)10-12-6-4-3-5-7-12/h3-7,23H,8-11H2,1-2H3,(H,18,19). The van der Waals surface area contributed by atoms with Gasteiger partial charge in [0.1, 0.15) is 11.3 Å². The molecule has 3 aromatic rings. The first-order chi connectivity index (χ1) is 12.0. The van der Waals surface area contributed by atoms with E-state index >= 15 is 0 Å². The quantitative estimate of drug-likeness (QED) is 0.654. The molecule has 0 bridgehead atoms. The lowest BCUT2D eigenvalue weighted by Crippen LogP contribution is -2.36. The Hall–Kier alpha value is -2.71. The number of hydrogen-bond donors (Lipinski definition) is 2. The predicted molar refractivity (Wildman–Crippen MR) is 94.2 cm³/mol. The predicted octanol–water partition coefficient (Wildman–Crippen LogP) is -0.0452. The number of imidazole rings is 1. The van der Waals surface area contributed by atoms with Gasteiger partial charge in [0.15, 0.2) is 5.65 Å². The molecule has 0 unspecified atom stereocenters. The highest BCUT2D eigenvalue weighted by Gasteiger charge is 2.15. The number of aliphatic hydroxyl groups is 1. The first-order valence-corrected chi connectivity index (χ1v) is 8.03. The van der Waals surface area contributed by atoms with Crippen molar-refractivity contribution in [1.29, 1.82) is 0 Å². The van der Waals surface area contributed by atoms with Crippen LogP contribution < -0.4 is 11.2 Å². The minimum absolute atomic E-state index is 0.0211. The van der Waals surface area contributed by atoms with E-state index in [1.54, 1.807) is 7.05 Å². The van der Waals surface area contributed by atoms with E-state index in [9.17, 15) is 14.7 Å². The van der Waals surface area contributed by atoms with E-state index in [1.165, 1.54) is 11.6 Å². The molecule has 2 heterocycles. The fourth-order valence-electron chi connectivity index (χ4n) is 2.86. The van der Waals surface area contributed by atoms with Gasteiger partial charge in [0, 0.05) is 27.2 Å². The van der Waals surface area contributed by atoms with Crippen LogP contribution in [0, 0.1) is 0 Å². The minimum Gasteiger partial charge on any atom is -0.395 e. The van der Waals surface area contributed by atoms with Crippen LogP contribution in [-0.4, -0.2) is 42.3 Å². The van der Waals surface area contributed by atoms with Gasteiger partial charge in [0.05, 0.1) is 13.2 Å². The van der Waals surface area contributed by atoms with Gasteiger partial charge in [-0.2, -0.15) is 0 Å². The molecule has 132 valence electrons. The summed E-state index contributed by atoms with van der Waals surface area (Å²) in [5, 5.41) is 9.32. The molecule has 8 heteroatoms. The Balaban J connectivity index is 1.92. The molecule has 0 spiro atoms. The molecule has 0 aliphatic carbocycles. The normalized spacial score (nSPS) is 11.5. The van der Waals surface area contributed by atoms with Crippen LogP contribution in [-0.2, 0) is 27.2 Å². The van der Waals surface area contributed by atoms with Crippen LogP contribution in [0.5, 0.6) is 0 Å². The van der Waals surface area contributed by atoms with Gasteiger partial charge in [-0.05, 0) is 5.56 Å². The molecule has 0 amide bonds. The fourth-order valence-corrected chi connectivity index (χ4v) is 2.86. The molecule has 0 aliphatic rings. The van der Waals surface area contributed by atoms with Crippen LogP contribution in [0.15, 0.2) is 39.9 Å². The molecule has 8 nitrogen and oxygen atoms in total. The van der Waals surface area contributed by atoms with Crippen LogP contribution in [0.4, 0.5) is 0 Å². The Morgan fingerprint density at radius 3 is 2.52 bits per heavy atom. The van der Waals surface area contributed by atoms with Gasteiger partial charge in [-0.3, -0.25) is 18.8 Å². The van der Waals surface area contributed by atoms with Crippen LogP contribution in [0.1, 0.15) is 11.4 Å². The van der Waals surface area contributed by atoms with E-state index in [4.69, 9.17) is 0 Å². The zero-order valence-electron chi connectivity index (χ0n) is 14.3. The average Bonchev–Trinajstić information content (AvgIpc) is 3.03. The first-order valence-electron chi connectivity index (χ1n) is 8.03. The highest BCUT2D eigenvalue weighted by atomic mass is 16.3. The van der Waals surface area contributed by atoms with Gasteiger partial charge < -0.3 is 10.1 Å². The third kappa shape index (κ3) is 3.40. The number of aryl methyl sites for hydroxylation is 1. The van der Waals surface area contributed by atoms with Crippen molar-refractivity contribution in [1.82, 2.24) is 24.0 Å². The van der Waals surface area contributed by atoms with Gasteiger partial charge in [-0.1, -0.05) is 30.3 Å². The molecule has 1 aromatic carbocycles. The van der Waals surface area contributed by atoms with Gasteiger partial charge in [-0.15, -0.1) is 0 Å². The zero-order chi connectivity index (χ0) is 18.0. The topological polar surface area (TPSA) is 96.2 Å². The van der Waals surface area contributed by atoms with Crippen molar-refractivity contribution < 1.29 is 5.11 Å². The lowest BCUT2D eigenvalue weighted by Gasteiger charge is -2.20. The summed E-state index contributed by atoms with van der Waals surface area (Å²) in [6.07, 6.45) is 0. The molecule has 2 N–H and O–H groups in total. The molecule has 0 fully saturated rings. The second-order valence-corrected chi connectivity index (χ2v) is 6.01. The maximum atomic E-state index is 12.2. The van der Waals surface area contributed by atoms with E-state index in [1.807, 2.05) is 35.2 Å². The second kappa shape index (κ2) is 7.04. The zero-order valence-corrected chi connectivity index (χ0v) is 14.3.